The Morgan fingerprint density at radius 3 is 2.26 bits per heavy atom. The molecule has 0 amide bonds. The van der Waals surface area contributed by atoms with E-state index in [9.17, 15) is 13.2 Å². The van der Waals surface area contributed by atoms with Crippen LogP contribution in [0.3, 0.4) is 0 Å². The van der Waals surface area contributed by atoms with Crippen molar-refractivity contribution in [1.29, 1.82) is 0 Å². The summed E-state index contributed by atoms with van der Waals surface area (Å²) < 4.78 is 37.4. The summed E-state index contributed by atoms with van der Waals surface area (Å²) in [6.07, 6.45) is 0.176. The fourth-order valence-corrected chi connectivity index (χ4v) is 6.67. The Labute approximate surface area is 254 Å². The van der Waals surface area contributed by atoms with Crippen LogP contribution in [0.4, 0.5) is 4.79 Å². The van der Waals surface area contributed by atoms with Crippen LogP contribution in [0, 0.1) is 0 Å². The molecule has 1 aliphatic rings. The molecule has 0 aromatic heterocycles. The number of carbonyl (C=O) groups is 1. The van der Waals surface area contributed by atoms with Crippen LogP contribution in [0.15, 0.2) is 102 Å². The summed E-state index contributed by atoms with van der Waals surface area (Å²) in [5.74, 6) is 0.120. The zero-order valence-electron chi connectivity index (χ0n) is 24.9. The molecule has 4 aromatic carbocycles. The van der Waals surface area contributed by atoms with Gasteiger partial charge in [-0.2, -0.15) is 0 Å². The van der Waals surface area contributed by atoms with Gasteiger partial charge in [0.25, 0.3) is 0 Å². The van der Waals surface area contributed by atoms with Crippen molar-refractivity contribution in [1.82, 2.24) is 5.06 Å². The van der Waals surface area contributed by atoms with Gasteiger partial charge in [-0.05, 0) is 79.3 Å². The van der Waals surface area contributed by atoms with Crippen molar-refractivity contribution in [3.05, 3.63) is 114 Å². The van der Waals surface area contributed by atoms with E-state index in [2.05, 4.69) is 42.5 Å². The largest absolute Gasteiger partial charge is 0.528 e. The second kappa shape index (κ2) is 13.3. The molecule has 1 saturated heterocycles. The highest BCUT2D eigenvalue weighted by molar-refractivity contribution is 7.91. The molecule has 8 heteroatoms. The lowest BCUT2D eigenvalue weighted by Crippen LogP contribution is -2.45. The number of hydrogen-bond donors (Lipinski definition) is 0. The Hall–Kier alpha value is -3.72. The van der Waals surface area contributed by atoms with Crippen molar-refractivity contribution in [2.45, 2.75) is 62.7 Å². The first-order valence-corrected chi connectivity index (χ1v) is 16.3. The number of ether oxygens (including phenoxy) is 2. The van der Waals surface area contributed by atoms with E-state index in [1.165, 1.54) is 5.39 Å². The van der Waals surface area contributed by atoms with Gasteiger partial charge >= 0.3 is 6.16 Å². The number of benzene rings is 4. The number of fused-ring (bicyclic) bond motifs is 1. The molecule has 0 aliphatic carbocycles. The second-order valence-electron chi connectivity index (χ2n) is 12.0. The van der Waals surface area contributed by atoms with Crippen LogP contribution in [0.5, 0.6) is 0 Å². The van der Waals surface area contributed by atoms with Crippen molar-refractivity contribution in [2.24, 2.45) is 0 Å². The predicted octanol–water partition coefficient (Wildman–Crippen LogP) is 7.10. The monoisotopic (exact) mass is 601 g/mol. The third-order valence-electron chi connectivity index (χ3n) is 7.56. The number of aryl methyl sites for hydroxylation is 1. The number of hydrogen-bond acceptors (Lipinski definition) is 7. The smallest absolute Gasteiger partial charge is 0.427 e. The van der Waals surface area contributed by atoms with E-state index in [1.807, 2.05) is 30.3 Å². The van der Waals surface area contributed by atoms with E-state index in [0.717, 1.165) is 22.1 Å². The minimum absolute atomic E-state index is 0.0498. The minimum atomic E-state index is -3.35. The summed E-state index contributed by atoms with van der Waals surface area (Å²) in [6, 6.07) is 31.2. The van der Waals surface area contributed by atoms with Gasteiger partial charge < -0.3 is 14.3 Å². The lowest BCUT2D eigenvalue weighted by Gasteiger charge is -2.37. The lowest BCUT2D eigenvalue weighted by molar-refractivity contribution is -0.179. The van der Waals surface area contributed by atoms with Gasteiger partial charge in [-0.15, -0.1) is 5.06 Å². The highest BCUT2D eigenvalue weighted by Gasteiger charge is 2.34. The summed E-state index contributed by atoms with van der Waals surface area (Å²) in [5, 5.41) is 3.96. The van der Waals surface area contributed by atoms with E-state index < -0.39 is 21.6 Å². The fraction of sp³-hybridized carbons (Fsp3) is 0.343. The summed E-state index contributed by atoms with van der Waals surface area (Å²) in [7, 11) is -3.35. The quantitative estimate of drug-likeness (QED) is 0.189. The van der Waals surface area contributed by atoms with Gasteiger partial charge in [-0.1, -0.05) is 78.9 Å². The van der Waals surface area contributed by atoms with Gasteiger partial charge in [0, 0.05) is 12.5 Å². The van der Waals surface area contributed by atoms with Crippen LogP contribution in [0.2, 0.25) is 0 Å². The van der Waals surface area contributed by atoms with E-state index in [-0.39, 0.29) is 17.8 Å². The molecule has 1 heterocycles. The summed E-state index contributed by atoms with van der Waals surface area (Å²) in [6.45, 7) is 6.76. The standard InChI is InChI=1S/C35H39NO6S/c1-35(2,3)41-34(37)42-36-21-19-32(33(24-36)40-25-27-15-16-28-9-7-8-10-30(28)23-27)29-17-13-26(14-18-29)20-22-43(38,39)31-11-5-4-6-12-31/h4-18,23,32-33H,19-22,24-25H2,1-3H3. The zero-order chi connectivity index (χ0) is 30.5. The van der Waals surface area contributed by atoms with Crippen LogP contribution in [-0.4, -0.2) is 50.2 Å². The molecular formula is C35H39NO6S. The molecule has 0 radical (unpaired) electrons. The molecule has 1 aliphatic heterocycles. The maximum atomic E-state index is 12.7. The predicted molar refractivity (Wildman–Crippen MR) is 167 cm³/mol. The van der Waals surface area contributed by atoms with Crippen molar-refractivity contribution >= 4 is 26.8 Å². The Morgan fingerprint density at radius 2 is 1.53 bits per heavy atom. The highest BCUT2D eigenvalue weighted by Crippen LogP contribution is 2.32. The van der Waals surface area contributed by atoms with Crippen molar-refractivity contribution in [3.8, 4) is 0 Å². The van der Waals surface area contributed by atoms with Gasteiger partial charge in [0.15, 0.2) is 9.84 Å². The van der Waals surface area contributed by atoms with Crippen LogP contribution in [0.1, 0.15) is 49.8 Å². The molecule has 7 nitrogen and oxygen atoms in total. The first-order chi connectivity index (χ1) is 20.6. The van der Waals surface area contributed by atoms with Crippen LogP contribution < -0.4 is 0 Å². The maximum absolute atomic E-state index is 12.7. The molecule has 226 valence electrons. The molecule has 5 rings (SSSR count). The van der Waals surface area contributed by atoms with Crippen LogP contribution >= 0.6 is 0 Å². The van der Waals surface area contributed by atoms with Gasteiger partial charge in [0.05, 0.1) is 29.9 Å². The third kappa shape index (κ3) is 8.44. The molecule has 43 heavy (non-hydrogen) atoms. The molecule has 0 saturated carbocycles. The van der Waals surface area contributed by atoms with E-state index in [1.54, 1.807) is 50.1 Å². The first kappa shape index (κ1) is 30.7. The molecule has 4 aromatic rings. The van der Waals surface area contributed by atoms with Gasteiger partial charge in [-0.3, -0.25) is 0 Å². The van der Waals surface area contributed by atoms with Crippen LogP contribution in [0.25, 0.3) is 10.8 Å². The van der Waals surface area contributed by atoms with Crippen molar-refractivity contribution < 1.29 is 27.5 Å². The average Bonchev–Trinajstić information content (AvgIpc) is 2.99. The molecule has 2 unspecified atom stereocenters. The van der Waals surface area contributed by atoms with Crippen molar-refractivity contribution in [3.63, 3.8) is 0 Å². The van der Waals surface area contributed by atoms with Gasteiger partial charge in [0.1, 0.15) is 5.60 Å². The van der Waals surface area contributed by atoms with Gasteiger partial charge in [-0.25, -0.2) is 13.2 Å². The Kier molecular flexibility index (Phi) is 9.49. The Morgan fingerprint density at radius 1 is 0.860 bits per heavy atom. The zero-order valence-corrected chi connectivity index (χ0v) is 25.8. The number of hydroxylamine groups is 2. The first-order valence-electron chi connectivity index (χ1n) is 14.7. The molecule has 1 fully saturated rings. The lowest BCUT2D eigenvalue weighted by atomic mass is 9.87. The summed E-state index contributed by atoms with van der Waals surface area (Å²) in [5.41, 5.74) is 2.49. The minimum Gasteiger partial charge on any atom is -0.427 e. The number of piperidine rings is 1. The number of sulfone groups is 1. The average molecular weight is 602 g/mol. The van der Waals surface area contributed by atoms with Gasteiger partial charge in [0.2, 0.25) is 0 Å². The van der Waals surface area contributed by atoms with E-state index in [0.29, 0.717) is 37.4 Å². The topological polar surface area (TPSA) is 82.1 Å². The third-order valence-corrected chi connectivity index (χ3v) is 9.29. The highest BCUT2D eigenvalue weighted by atomic mass is 32.2. The van der Waals surface area contributed by atoms with Crippen molar-refractivity contribution in [2.75, 3.05) is 18.8 Å². The molecular weight excluding hydrogens is 562 g/mol. The van der Waals surface area contributed by atoms with E-state index >= 15 is 0 Å². The summed E-state index contributed by atoms with van der Waals surface area (Å²) in [4.78, 5) is 18.3. The van der Waals surface area contributed by atoms with Crippen LogP contribution in [-0.2, 0) is 37.2 Å². The molecule has 0 N–H and O–H groups in total. The van der Waals surface area contributed by atoms with E-state index in [4.69, 9.17) is 14.3 Å². The second-order valence-corrected chi connectivity index (χ2v) is 14.1. The maximum Gasteiger partial charge on any atom is 0.528 e. The number of carbonyl (C=O) groups excluding carboxylic acids is 1. The number of nitrogens with zero attached hydrogens (tertiary/aromatic N) is 1. The summed E-state index contributed by atoms with van der Waals surface area (Å²) >= 11 is 0. The fourth-order valence-electron chi connectivity index (χ4n) is 5.36. The molecule has 0 bridgehead atoms. The molecule has 0 spiro atoms. The normalized spacial score (nSPS) is 17.9. The Bertz CT molecular complexity index is 1630. The number of rotatable bonds is 9. The SMILES string of the molecule is CC(C)(C)OC(=O)ON1CCC(c2ccc(CCS(=O)(=O)c3ccccc3)cc2)C(OCc2ccc3ccccc3c2)C1. The molecule has 2 atom stereocenters. The Balaban J connectivity index is 1.28.